The summed E-state index contributed by atoms with van der Waals surface area (Å²) >= 11 is 1.49. The first-order valence-electron chi connectivity index (χ1n) is 5.00. The second kappa shape index (κ2) is 4.49. The van der Waals surface area contributed by atoms with Gasteiger partial charge in [0.05, 0.1) is 0 Å². The van der Waals surface area contributed by atoms with Crippen molar-refractivity contribution in [3.8, 4) is 0 Å². The van der Waals surface area contributed by atoms with E-state index in [1.165, 1.54) is 30.7 Å². The van der Waals surface area contributed by atoms with Crippen LogP contribution >= 0.6 is 11.8 Å². The number of hydrogen-bond donors (Lipinski definition) is 1. The predicted octanol–water partition coefficient (Wildman–Crippen LogP) is 2.79. The highest BCUT2D eigenvalue weighted by molar-refractivity contribution is 7.99. The van der Waals surface area contributed by atoms with E-state index in [0.717, 1.165) is 16.7 Å². The molecular weight excluding hydrogens is 216 g/mol. The van der Waals surface area contributed by atoms with Crippen molar-refractivity contribution in [1.82, 2.24) is 0 Å². The minimum atomic E-state index is -0.800. The van der Waals surface area contributed by atoms with E-state index in [9.17, 15) is 8.78 Å². The molecule has 0 aliphatic heterocycles. The van der Waals surface area contributed by atoms with Gasteiger partial charge in [-0.1, -0.05) is 0 Å². The molecule has 1 unspecified atom stereocenters. The van der Waals surface area contributed by atoms with Crippen LogP contribution in [0.3, 0.4) is 0 Å². The summed E-state index contributed by atoms with van der Waals surface area (Å²) in [4.78, 5) is 0.741. The minimum absolute atomic E-state index is 0.183. The number of hydrogen-bond acceptors (Lipinski definition) is 2. The fourth-order valence-corrected chi connectivity index (χ4v) is 2.43. The topological polar surface area (TPSA) is 26.0 Å². The summed E-state index contributed by atoms with van der Waals surface area (Å²) in [6.07, 6.45) is 2.42. The van der Waals surface area contributed by atoms with Crippen molar-refractivity contribution in [2.75, 3.05) is 5.75 Å². The second-order valence-electron chi connectivity index (χ2n) is 3.89. The van der Waals surface area contributed by atoms with E-state index in [0.29, 0.717) is 5.92 Å². The molecule has 0 spiro atoms. The Morgan fingerprint density at radius 3 is 2.67 bits per heavy atom. The van der Waals surface area contributed by atoms with Gasteiger partial charge in [0, 0.05) is 16.7 Å². The van der Waals surface area contributed by atoms with E-state index in [1.54, 1.807) is 6.07 Å². The highest BCUT2D eigenvalue weighted by atomic mass is 32.2. The molecule has 0 amide bonds. The van der Waals surface area contributed by atoms with Gasteiger partial charge in [0.2, 0.25) is 0 Å². The fraction of sp³-hybridized carbons (Fsp3) is 0.455. The van der Waals surface area contributed by atoms with Crippen LogP contribution in [0.1, 0.15) is 12.8 Å². The monoisotopic (exact) mass is 229 g/mol. The van der Waals surface area contributed by atoms with E-state index in [1.807, 2.05) is 0 Å². The molecule has 1 aromatic rings. The normalized spacial score (nSPS) is 17.8. The van der Waals surface area contributed by atoms with Gasteiger partial charge >= 0.3 is 0 Å². The van der Waals surface area contributed by atoms with Gasteiger partial charge < -0.3 is 5.73 Å². The standard InChI is InChI=1S/C11H13F2NS/c12-9-4-3-8(5-10(9)13)15-6-11(14)7-1-2-7/h3-5,7,11H,1-2,6,14H2. The lowest BCUT2D eigenvalue weighted by Crippen LogP contribution is -2.24. The molecule has 0 aromatic heterocycles. The maximum absolute atomic E-state index is 12.9. The highest BCUT2D eigenvalue weighted by Crippen LogP contribution is 2.34. The van der Waals surface area contributed by atoms with Gasteiger partial charge in [-0.25, -0.2) is 8.78 Å². The van der Waals surface area contributed by atoms with Crippen molar-refractivity contribution in [3.05, 3.63) is 29.8 Å². The maximum atomic E-state index is 12.9. The van der Waals surface area contributed by atoms with E-state index >= 15 is 0 Å². The summed E-state index contributed by atoms with van der Waals surface area (Å²) in [5, 5.41) is 0. The predicted molar refractivity (Wildman–Crippen MR) is 57.8 cm³/mol. The van der Waals surface area contributed by atoms with Crippen LogP contribution in [-0.2, 0) is 0 Å². The lowest BCUT2D eigenvalue weighted by Gasteiger charge is -2.09. The van der Waals surface area contributed by atoms with Crippen LogP contribution in [0.2, 0.25) is 0 Å². The van der Waals surface area contributed by atoms with Gasteiger partial charge in [-0.2, -0.15) is 0 Å². The molecule has 2 N–H and O–H groups in total. The van der Waals surface area contributed by atoms with Crippen molar-refractivity contribution in [2.45, 2.75) is 23.8 Å². The lowest BCUT2D eigenvalue weighted by atomic mass is 10.2. The largest absolute Gasteiger partial charge is 0.327 e. The molecule has 0 saturated heterocycles. The highest BCUT2D eigenvalue weighted by Gasteiger charge is 2.28. The maximum Gasteiger partial charge on any atom is 0.159 e. The van der Waals surface area contributed by atoms with Crippen LogP contribution in [0.4, 0.5) is 8.78 Å². The number of nitrogens with two attached hydrogens (primary N) is 1. The van der Waals surface area contributed by atoms with Crippen molar-refractivity contribution in [1.29, 1.82) is 0 Å². The van der Waals surface area contributed by atoms with Crippen LogP contribution in [0, 0.1) is 17.6 Å². The van der Waals surface area contributed by atoms with Crippen molar-refractivity contribution >= 4 is 11.8 Å². The summed E-state index contributed by atoms with van der Waals surface area (Å²) in [5.74, 6) is -0.177. The average molecular weight is 229 g/mol. The number of halogens is 2. The molecule has 1 aliphatic carbocycles. The third-order valence-corrected chi connectivity index (χ3v) is 3.70. The molecular formula is C11H13F2NS. The third kappa shape index (κ3) is 2.92. The van der Waals surface area contributed by atoms with Crippen LogP contribution in [0.5, 0.6) is 0 Å². The van der Waals surface area contributed by atoms with Crippen molar-refractivity contribution in [3.63, 3.8) is 0 Å². The fourth-order valence-electron chi connectivity index (χ4n) is 1.42. The van der Waals surface area contributed by atoms with Gasteiger partial charge in [-0.15, -0.1) is 11.8 Å². The zero-order valence-corrected chi connectivity index (χ0v) is 9.07. The first kappa shape index (κ1) is 10.9. The van der Waals surface area contributed by atoms with Crippen LogP contribution in [0.15, 0.2) is 23.1 Å². The molecule has 82 valence electrons. The summed E-state index contributed by atoms with van der Waals surface area (Å²) in [7, 11) is 0. The lowest BCUT2D eigenvalue weighted by molar-refractivity contribution is 0.506. The smallest absolute Gasteiger partial charge is 0.159 e. The second-order valence-corrected chi connectivity index (χ2v) is 4.98. The Labute approximate surface area is 92.0 Å². The van der Waals surface area contributed by atoms with Gasteiger partial charge in [0.1, 0.15) is 0 Å². The third-order valence-electron chi connectivity index (χ3n) is 2.56. The van der Waals surface area contributed by atoms with Crippen molar-refractivity contribution in [2.24, 2.45) is 11.7 Å². The van der Waals surface area contributed by atoms with Gasteiger partial charge in [0.15, 0.2) is 11.6 Å². The number of benzene rings is 1. The Bertz CT molecular complexity index is 352. The molecule has 0 radical (unpaired) electrons. The Hall–Kier alpha value is -0.610. The molecule has 1 aromatic carbocycles. The van der Waals surface area contributed by atoms with Crippen LogP contribution in [-0.4, -0.2) is 11.8 Å². The van der Waals surface area contributed by atoms with E-state index < -0.39 is 11.6 Å². The molecule has 0 heterocycles. The summed E-state index contributed by atoms with van der Waals surface area (Å²) < 4.78 is 25.5. The quantitative estimate of drug-likeness (QED) is 0.803. The minimum Gasteiger partial charge on any atom is -0.327 e. The first-order valence-corrected chi connectivity index (χ1v) is 5.99. The van der Waals surface area contributed by atoms with E-state index in [2.05, 4.69) is 0 Å². The Morgan fingerprint density at radius 2 is 2.07 bits per heavy atom. The summed E-state index contributed by atoms with van der Waals surface area (Å²) in [5.41, 5.74) is 5.91. The molecule has 2 rings (SSSR count). The molecule has 1 aliphatic rings. The Kier molecular flexibility index (Phi) is 3.26. The average Bonchev–Trinajstić information content (AvgIpc) is 3.03. The first-order chi connectivity index (χ1) is 7.16. The zero-order valence-electron chi connectivity index (χ0n) is 8.25. The Morgan fingerprint density at radius 1 is 1.33 bits per heavy atom. The molecule has 1 saturated carbocycles. The molecule has 15 heavy (non-hydrogen) atoms. The molecule has 4 heteroatoms. The summed E-state index contributed by atoms with van der Waals surface area (Å²) in [6, 6.07) is 4.14. The molecule has 1 nitrogen and oxygen atoms in total. The Balaban J connectivity index is 1.89. The molecule has 1 fully saturated rings. The van der Waals surface area contributed by atoms with Crippen molar-refractivity contribution < 1.29 is 8.78 Å². The van der Waals surface area contributed by atoms with Gasteiger partial charge in [-0.05, 0) is 37.0 Å². The van der Waals surface area contributed by atoms with Crippen LogP contribution < -0.4 is 5.73 Å². The number of rotatable bonds is 4. The van der Waals surface area contributed by atoms with E-state index in [4.69, 9.17) is 5.73 Å². The zero-order chi connectivity index (χ0) is 10.8. The number of thioether (sulfide) groups is 1. The van der Waals surface area contributed by atoms with Crippen LogP contribution in [0.25, 0.3) is 0 Å². The molecule has 0 bridgehead atoms. The van der Waals surface area contributed by atoms with Gasteiger partial charge in [0.25, 0.3) is 0 Å². The van der Waals surface area contributed by atoms with Gasteiger partial charge in [-0.3, -0.25) is 0 Å². The summed E-state index contributed by atoms with van der Waals surface area (Å²) in [6.45, 7) is 0. The molecule has 1 atom stereocenters. The SMILES string of the molecule is NC(CSc1ccc(F)c(F)c1)C1CC1. The van der Waals surface area contributed by atoms with E-state index in [-0.39, 0.29) is 6.04 Å².